The molecule has 4 rings (SSSR count). The number of benzene rings is 4. The number of hydrogen-bond donors (Lipinski definition) is 4. The number of rotatable bonds is 4. The molecule has 0 heterocycles. The Morgan fingerprint density at radius 2 is 0.729 bits per heavy atom. The first-order valence-corrected chi connectivity index (χ1v) is 16.3. The minimum absolute atomic E-state index is 0.247. The molecule has 48 heavy (non-hydrogen) atoms. The number of nitrogens with two attached hydrogens (primary N) is 4. The number of nitro benzene ring substituents is 4. The maximum atomic E-state index is 10.5. The Morgan fingerprint density at radius 3 is 0.979 bits per heavy atom. The van der Waals surface area contributed by atoms with Crippen molar-refractivity contribution >= 4 is 147 Å². The van der Waals surface area contributed by atoms with Gasteiger partial charge in [-0.25, -0.2) is 0 Å². The Morgan fingerprint density at radius 1 is 0.479 bits per heavy atom. The highest BCUT2D eigenvalue weighted by atomic mass is 127. The van der Waals surface area contributed by atoms with Crippen molar-refractivity contribution in [3.05, 3.63) is 138 Å². The quantitative estimate of drug-likeness (QED) is 0.0494. The summed E-state index contributed by atoms with van der Waals surface area (Å²) in [6, 6.07) is 13.9. The summed E-state index contributed by atoms with van der Waals surface area (Å²) in [6.07, 6.45) is 0. The van der Waals surface area contributed by atoms with Crippen LogP contribution in [0.5, 0.6) is 0 Å². The fourth-order valence-electron chi connectivity index (χ4n) is 2.96. The van der Waals surface area contributed by atoms with Crippen molar-refractivity contribution in [2.45, 2.75) is 0 Å². The predicted molar refractivity (Wildman–Crippen MR) is 213 cm³/mol. The minimum Gasteiger partial charge on any atom is -0.398 e. The van der Waals surface area contributed by atoms with Crippen LogP contribution in [0.4, 0.5) is 56.9 Å². The molecular weight excluding hydrogens is 1090 g/mol. The van der Waals surface area contributed by atoms with Crippen molar-refractivity contribution in [3.63, 3.8) is 0 Å². The van der Waals surface area contributed by atoms with E-state index in [0.29, 0.717) is 29.9 Å². The first-order valence-electron chi connectivity index (χ1n) is 12.0. The molecule has 0 saturated heterocycles. The van der Waals surface area contributed by atoms with Gasteiger partial charge >= 0.3 is 22.7 Å². The van der Waals surface area contributed by atoms with Crippen LogP contribution in [-0.4, -0.2) is 19.7 Å². The molecule has 0 unspecified atom stereocenters. The SMILES string of the molecule is Nc1cc(I)c(I)cc1N.O=[N+]([O-])c1cc(I)c(I)cc1[N+](=O)[O-].O=[N+]([O-])c1ccccc1[N+](=O)[O-].[C-]#[N+]c1cc(N)c(N)cc1[N+]#[C-]. The van der Waals surface area contributed by atoms with E-state index in [-0.39, 0.29) is 11.4 Å². The largest absolute Gasteiger partial charge is 0.398 e. The van der Waals surface area contributed by atoms with Crippen LogP contribution in [0.2, 0.25) is 0 Å². The summed E-state index contributed by atoms with van der Waals surface area (Å²) in [4.78, 5) is 44.6. The molecule has 8 N–H and O–H groups in total. The van der Waals surface area contributed by atoms with E-state index >= 15 is 0 Å². The molecule has 248 valence electrons. The molecule has 0 aliphatic rings. The second-order valence-corrected chi connectivity index (χ2v) is 13.0. The molecule has 4 aromatic rings. The van der Waals surface area contributed by atoms with E-state index < -0.39 is 42.4 Å². The van der Waals surface area contributed by atoms with E-state index in [0.717, 1.165) is 19.3 Å². The van der Waals surface area contributed by atoms with Crippen molar-refractivity contribution < 1.29 is 19.7 Å². The molecule has 0 radical (unpaired) electrons. The highest BCUT2D eigenvalue weighted by Gasteiger charge is 2.25. The van der Waals surface area contributed by atoms with Crippen molar-refractivity contribution in [3.8, 4) is 0 Å². The van der Waals surface area contributed by atoms with Gasteiger partial charge in [0.15, 0.2) is 11.4 Å². The van der Waals surface area contributed by atoms with E-state index in [9.17, 15) is 40.5 Å². The molecule has 18 nitrogen and oxygen atoms in total. The summed E-state index contributed by atoms with van der Waals surface area (Å²) >= 11 is 8.22. The van der Waals surface area contributed by atoms with Gasteiger partial charge in [0.05, 0.1) is 44.2 Å². The van der Waals surface area contributed by atoms with E-state index in [1.165, 1.54) is 36.4 Å². The van der Waals surface area contributed by atoms with Crippen molar-refractivity contribution in [2.24, 2.45) is 0 Å². The summed E-state index contributed by atoms with van der Waals surface area (Å²) in [5, 5.41) is 41.4. The number of halogens is 4. The van der Waals surface area contributed by atoms with Crippen LogP contribution < -0.4 is 22.9 Å². The van der Waals surface area contributed by atoms with Crippen LogP contribution in [-0.2, 0) is 0 Å². The number of hydrogen-bond acceptors (Lipinski definition) is 12. The van der Waals surface area contributed by atoms with Crippen molar-refractivity contribution in [1.82, 2.24) is 0 Å². The lowest BCUT2D eigenvalue weighted by atomic mass is 10.2. The second kappa shape index (κ2) is 19.4. The molecule has 0 aliphatic carbocycles. The first-order chi connectivity index (χ1) is 22.4. The van der Waals surface area contributed by atoms with Crippen molar-refractivity contribution in [2.75, 3.05) is 22.9 Å². The van der Waals surface area contributed by atoms with Crippen LogP contribution in [0.25, 0.3) is 9.69 Å². The summed E-state index contributed by atoms with van der Waals surface area (Å²) in [7, 11) is 0. The Hall–Kier alpha value is -4.42. The average Bonchev–Trinajstić information content (AvgIpc) is 3.03. The molecular formula is C26H18I4N10O8. The average molecular weight is 1110 g/mol. The Bertz CT molecular complexity index is 1820. The number of nitro groups is 4. The summed E-state index contributed by atoms with van der Waals surface area (Å²) < 4.78 is 3.54. The zero-order valence-electron chi connectivity index (χ0n) is 23.5. The van der Waals surface area contributed by atoms with Gasteiger partial charge in [-0.1, -0.05) is 12.1 Å². The Labute approximate surface area is 325 Å². The molecule has 0 bridgehead atoms. The molecule has 0 amide bonds. The van der Waals surface area contributed by atoms with Gasteiger partial charge in [-0.2, -0.15) is 0 Å². The maximum Gasteiger partial charge on any atom is 0.347 e. The molecule has 4 aromatic carbocycles. The first kappa shape index (κ1) is 41.6. The van der Waals surface area contributed by atoms with E-state index in [1.54, 1.807) is 0 Å². The van der Waals surface area contributed by atoms with E-state index in [2.05, 4.69) is 54.9 Å². The van der Waals surface area contributed by atoms with Crippen LogP contribution in [0.15, 0.2) is 60.7 Å². The summed E-state index contributed by atoms with van der Waals surface area (Å²) in [5.41, 5.74) is 22.6. The third-order valence-corrected chi connectivity index (χ3v) is 10.9. The lowest BCUT2D eigenvalue weighted by molar-refractivity contribution is -0.422. The van der Waals surface area contributed by atoms with Gasteiger partial charge < -0.3 is 22.9 Å². The normalized spacial score (nSPS) is 9.38. The fraction of sp³-hybridized carbons (Fsp3) is 0. The molecule has 0 aliphatic heterocycles. The monoisotopic (exact) mass is 1110 g/mol. The van der Waals surface area contributed by atoms with Gasteiger partial charge in [0, 0.05) is 49.9 Å². The molecule has 0 fully saturated rings. The van der Waals surface area contributed by atoms with E-state index in [1.807, 2.05) is 57.3 Å². The number of para-hydroxylation sites is 2. The Kier molecular flexibility index (Phi) is 16.8. The predicted octanol–water partition coefficient (Wildman–Crippen LogP) is 8.23. The topological polar surface area (TPSA) is 285 Å². The number of nitrogen functional groups attached to an aromatic ring is 4. The smallest absolute Gasteiger partial charge is 0.347 e. The highest BCUT2D eigenvalue weighted by molar-refractivity contribution is 14.1. The van der Waals surface area contributed by atoms with Gasteiger partial charge in [-0.3, -0.25) is 50.1 Å². The fourth-order valence-corrected chi connectivity index (χ4v) is 4.84. The van der Waals surface area contributed by atoms with Crippen LogP contribution >= 0.6 is 90.4 Å². The summed E-state index contributed by atoms with van der Waals surface area (Å²) in [5.74, 6) is 0. The van der Waals surface area contributed by atoms with E-state index in [4.69, 9.17) is 36.1 Å². The number of anilines is 4. The van der Waals surface area contributed by atoms with Gasteiger partial charge in [-0.15, -0.1) is 0 Å². The van der Waals surface area contributed by atoms with Crippen molar-refractivity contribution in [1.29, 1.82) is 0 Å². The number of nitrogens with zero attached hydrogens (tertiary/aromatic N) is 6. The molecule has 0 saturated carbocycles. The lowest BCUT2D eigenvalue weighted by Gasteiger charge is -2.01. The van der Waals surface area contributed by atoms with Gasteiger partial charge in [0.1, 0.15) is 0 Å². The zero-order chi connectivity index (χ0) is 36.9. The molecule has 0 atom stereocenters. The van der Waals surface area contributed by atoms with Gasteiger partial charge in [0.25, 0.3) is 0 Å². The molecule has 0 aromatic heterocycles. The summed E-state index contributed by atoms with van der Waals surface area (Å²) in [6.45, 7) is 13.5. The highest BCUT2D eigenvalue weighted by Crippen LogP contribution is 2.34. The maximum absolute atomic E-state index is 10.5. The third kappa shape index (κ3) is 12.3. The molecule has 0 spiro atoms. The van der Waals surface area contributed by atoms with Gasteiger partial charge in [-0.05, 0) is 115 Å². The lowest BCUT2D eigenvalue weighted by Crippen LogP contribution is -1.98. The zero-order valence-corrected chi connectivity index (χ0v) is 32.2. The Balaban J connectivity index is 0.000000322. The minimum atomic E-state index is -0.780. The van der Waals surface area contributed by atoms with Crippen LogP contribution in [0, 0.1) is 67.9 Å². The van der Waals surface area contributed by atoms with Gasteiger partial charge in [0.2, 0.25) is 0 Å². The third-order valence-electron chi connectivity index (χ3n) is 5.23. The molecule has 22 heteroatoms. The van der Waals surface area contributed by atoms with Crippen LogP contribution in [0.1, 0.15) is 0 Å². The van der Waals surface area contributed by atoms with Crippen LogP contribution in [0.3, 0.4) is 0 Å². The standard InChI is InChI=1S/C8H6N4.C6H2I2N2O4.C6H6I2N2.C6H4N2O4/c1-11-7-3-5(9)6(10)4-8(7)12-2;7-3-1-5(9(11)12)6(10(13)14)2-4(3)8;7-3-1-5(9)6(10)2-4(3)8;9-7(10)5-3-1-2-4-6(5)8(11)12/h3-4H,9-10H2;1-2H;1-2H,9-10H2;1-4H. The second-order valence-electron chi connectivity index (χ2n) is 8.36.